The summed E-state index contributed by atoms with van der Waals surface area (Å²) in [6.45, 7) is 2.54. The van der Waals surface area contributed by atoms with E-state index in [2.05, 4.69) is 9.88 Å². The van der Waals surface area contributed by atoms with Crippen LogP contribution in [0.3, 0.4) is 0 Å². The normalized spacial score (nSPS) is 14.4. The molecule has 28 heavy (non-hydrogen) atoms. The second kappa shape index (κ2) is 7.56. The molecule has 1 aliphatic rings. The highest BCUT2D eigenvalue weighted by Gasteiger charge is 2.25. The SMILES string of the molecule is COc1ccc(C(=O)N2CCN(c3ccnc4cc(Cl)ccc34)CC2)c(O)c1. The van der Waals surface area contributed by atoms with Gasteiger partial charge in [-0.3, -0.25) is 9.78 Å². The van der Waals surface area contributed by atoms with E-state index < -0.39 is 0 Å². The molecule has 0 unspecified atom stereocenters. The summed E-state index contributed by atoms with van der Waals surface area (Å²) in [6.07, 6.45) is 1.78. The van der Waals surface area contributed by atoms with Gasteiger partial charge in [-0.25, -0.2) is 0 Å². The number of nitrogens with zero attached hydrogens (tertiary/aromatic N) is 3. The number of piperazine rings is 1. The molecule has 1 aliphatic heterocycles. The third-order valence-electron chi connectivity index (χ3n) is 5.02. The molecule has 0 spiro atoms. The molecule has 1 aromatic heterocycles. The summed E-state index contributed by atoms with van der Waals surface area (Å²) in [5.41, 5.74) is 2.23. The lowest BCUT2D eigenvalue weighted by Crippen LogP contribution is -2.48. The Hall–Kier alpha value is -2.99. The predicted octanol–water partition coefficient (Wildman–Crippen LogP) is 3.56. The number of anilines is 1. The number of phenolic OH excluding ortho intramolecular Hbond substituents is 1. The summed E-state index contributed by atoms with van der Waals surface area (Å²) in [5, 5.41) is 11.8. The van der Waals surface area contributed by atoms with Gasteiger partial charge in [-0.05, 0) is 36.4 Å². The van der Waals surface area contributed by atoms with Gasteiger partial charge in [0.05, 0.1) is 18.2 Å². The summed E-state index contributed by atoms with van der Waals surface area (Å²) in [4.78, 5) is 21.2. The zero-order valence-electron chi connectivity index (χ0n) is 15.4. The van der Waals surface area contributed by atoms with E-state index in [0.29, 0.717) is 42.5 Å². The highest BCUT2D eigenvalue weighted by atomic mass is 35.5. The molecule has 2 heterocycles. The molecule has 1 amide bonds. The molecule has 0 saturated carbocycles. The van der Waals surface area contributed by atoms with Gasteiger partial charge < -0.3 is 19.6 Å². The summed E-state index contributed by atoms with van der Waals surface area (Å²) in [5.74, 6) is 0.276. The molecule has 1 fully saturated rings. The van der Waals surface area contributed by atoms with Crippen molar-refractivity contribution in [2.45, 2.75) is 0 Å². The van der Waals surface area contributed by atoms with Gasteiger partial charge >= 0.3 is 0 Å². The maximum Gasteiger partial charge on any atom is 0.257 e. The van der Waals surface area contributed by atoms with E-state index in [1.54, 1.807) is 23.2 Å². The largest absolute Gasteiger partial charge is 0.507 e. The maximum absolute atomic E-state index is 12.8. The van der Waals surface area contributed by atoms with Gasteiger partial charge in [-0.2, -0.15) is 0 Å². The minimum Gasteiger partial charge on any atom is -0.507 e. The monoisotopic (exact) mass is 397 g/mol. The van der Waals surface area contributed by atoms with Crippen molar-refractivity contribution in [1.29, 1.82) is 0 Å². The molecule has 144 valence electrons. The van der Waals surface area contributed by atoms with Crippen LogP contribution in [0, 0.1) is 0 Å². The minimum absolute atomic E-state index is 0.0659. The van der Waals surface area contributed by atoms with Crippen molar-refractivity contribution in [3.8, 4) is 11.5 Å². The summed E-state index contributed by atoms with van der Waals surface area (Å²) < 4.78 is 5.08. The van der Waals surface area contributed by atoms with E-state index in [-0.39, 0.29) is 11.7 Å². The highest BCUT2D eigenvalue weighted by molar-refractivity contribution is 6.31. The van der Waals surface area contributed by atoms with Gasteiger partial charge in [0.1, 0.15) is 11.5 Å². The molecule has 0 aliphatic carbocycles. The number of halogens is 1. The number of benzene rings is 2. The van der Waals surface area contributed by atoms with Crippen LogP contribution in [0.15, 0.2) is 48.7 Å². The number of hydrogen-bond donors (Lipinski definition) is 1. The molecule has 4 rings (SSSR count). The fourth-order valence-electron chi connectivity index (χ4n) is 3.52. The lowest BCUT2D eigenvalue weighted by molar-refractivity contribution is 0.0744. The number of methoxy groups -OCH3 is 1. The summed E-state index contributed by atoms with van der Waals surface area (Å²) >= 11 is 6.07. The van der Waals surface area contributed by atoms with E-state index >= 15 is 0 Å². The van der Waals surface area contributed by atoms with E-state index in [1.807, 2.05) is 24.3 Å². The molecular weight excluding hydrogens is 378 g/mol. The number of pyridine rings is 1. The number of ether oxygens (including phenoxy) is 1. The van der Waals surface area contributed by atoms with Crippen LogP contribution in [-0.2, 0) is 0 Å². The van der Waals surface area contributed by atoms with Gasteiger partial charge in [-0.1, -0.05) is 11.6 Å². The second-order valence-electron chi connectivity index (χ2n) is 6.65. The molecule has 1 N–H and O–H groups in total. The number of carbonyl (C=O) groups is 1. The number of fused-ring (bicyclic) bond motifs is 1. The Labute approximate surface area is 167 Å². The molecule has 2 aromatic carbocycles. The van der Waals surface area contributed by atoms with Crippen molar-refractivity contribution in [2.24, 2.45) is 0 Å². The quantitative estimate of drug-likeness (QED) is 0.732. The van der Waals surface area contributed by atoms with Gasteiger partial charge in [0.15, 0.2) is 0 Å². The van der Waals surface area contributed by atoms with Crippen molar-refractivity contribution in [3.63, 3.8) is 0 Å². The van der Waals surface area contributed by atoms with Crippen LogP contribution >= 0.6 is 11.6 Å². The number of amides is 1. The molecule has 0 bridgehead atoms. The highest BCUT2D eigenvalue weighted by Crippen LogP contribution is 2.29. The Morgan fingerprint density at radius 3 is 2.61 bits per heavy atom. The van der Waals surface area contributed by atoms with Crippen LogP contribution in [0.25, 0.3) is 10.9 Å². The average molecular weight is 398 g/mol. The fraction of sp³-hybridized carbons (Fsp3) is 0.238. The third kappa shape index (κ3) is 3.43. The maximum atomic E-state index is 12.8. The lowest BCUT2D eigenvalue weighted by Gasteiger charge is -2.36. The Bertz CT molecular complexity index is 1030. The molecule has 1 saturated heterocycles. The first-order valence-electron chi connectivity index (χ1n) is 9.02. The van der Waals surface area contributed by atoms with Crippen LogP contribution in [-0.4, -0.2) is 54.2 Å². The van der Waals surface area contributed by atoms with Crippen LogP contribution < -0.4 is 9.64 Å². The molecular formula is C21H20ClN3O3. The minimum atomic E-state index is -0.175. The van der Waals surface area contributed by atoms with E-state index in [0.717, 1.165) is 16.6 Å². The average Bonchev–Trinajstić information content (AvgIpc) is 2.72. The van der Waals surface area contributed by atoms with Gasteiger partial charge in [0.25, 0.3) is 5.91 Å². The van der Waals surface area contributed by atoms with Crippen LogP contribution in [0.2, 0.25) is 5.02 Å². The molecule has 3 aromatic rings. The molecule has 0 atom stereocenters. The standard InChI is InChI=1S/C21H20ClN3O3/c1-28-15-3-5-17(20(26)13-15)21(27)25-10-8-24(9-11-25)19-6-7-23-18-12-14(22)2-4-16(18)19/h2-7,12-13,26H,8-11H2,1H3. The number of phenols is 1. The van der Waals surface area contributed by atoms with Gasteiger partial charge in [0, 0.05) is 54.5 Å². The lowest BCUT2D eigenvalue weighted by atomic mass is 10.1. The predicted molar refractivity (Wildman–Crippen MR) is 110 cm³/mol. The Morgan fingerprint density at radius 2 is 1.89 bits per heavy atom. The second-order valence-corrected chi connectivity index (χ2v) is 7.09. The van der Waals surface area contributed by atoms with E-state index in [9.17, 15) is 9.90 Å². The summed E-state index contributed by atoms with van der Waals surface area (Å²) in [7, 11) is 1.52. The molecule has 6 nitrogen and oxygen atoms in total. The zero-order chi connectivity index (χ0) is 19.7. The van der Waals surface area contributed by atoms with Crippen molar-refractivity contribution in [1.82, 2.24) is 9.88 Å². The van der Waals surface area contributed by atoms with Gasteiger partial charge in [0.2, 0.25) is 0 Å². The number of carbonyl (C=O) groups excluding carboxylic acids is 1. The Balaban J connectivity index is 1.50. The molecule has 7 heteroatoms. The number of aromatic hydroxyl groups is 1. The van der Waals surface area contributed by atoms with E-state index in [1.165, 1.54) is 13.2 Å². The Morgan fingerprint density at radius 1 is 1.11 bits per heavy atom. The first kappa shape index (κ1) is 18.4. The zero-order valence-corrected chi connectivity index (χ0v) is 16.2. The number of hydrogen-bond acceptors (Lipinski definition) is 5. The van der Waals surface area contributed by atoms with Crippen molar-refractivity contribution in [3.05, 3.63) is 59.2 Å². The van der Waals surface area contributed by atoms with Gasteiger partial charge in [-0.15, -0.1) is 0 Å². The number of aromatic nitrogens is 1. The third-order valence-corrected chi connectivity index (χ3v) is 5.26. The molecule has 0 radical (unpaired) electrons. The summed E-state index contributed by atoms with van der Waals surface area (Å²) in [6, 6.07) is 12.4. The first-order valence-corrected chi connectivity index (χ1v) is 9.40. The smallest absolute Gasteiger partial charge is 0.257 e. The fourth-order valence-corrected chi connectivity index (χ4v) is 3.69. The Kier molecular flexibility index (Phi) is 4.96. The van der Waals surface area contributed by atoms with Crippen LogP contribution in [0.4, 0.5) is 5.69 Å². The van der Waals surface area contributed by atoms with Crippen molar-refractivity contribution in [2.75, 3.05) is 38.2 Å². The number of rotatable bonds is 3. The topological polar surface area (TPSA) is 65.9 Å². The van der Waals surface area contributed by atoms with Crippen LogP contribution in [0.5, 0.6) is 11.5 Å². The van der Waals surface area contributed by atoms with Crippen molar-refractivity contribution < 1.29 is 14.6 Å². The van der Waals surface area contributed by atoms with Crippen molar-refractivity contribution >= 4 is 34.1 Å². The first-order chi connectivity index (χ1) is 13.6. The van der Waals surface area contributed by atoms with E-state index in [4.69, 9.17) is 16.3 Å². The van der Waals surface area contributed by atoms with Crippen LogP contribution in [0.1, 0.15) is 10.4 Å².